The Kier molecular flexibility index (Phi) is 6.00. The zero-order valence-electron chi connectivity index (χ0n) is 12.8. The zero-order valence-corrected chi connectivity index (χ0v) is 13.5. The second kappa shape index (κ2) is 8.19. The number of methoxy groups -OCH3 is 2. The standard InChI is InChI=1S/C17H16ClNO4/c1-21-14-8-12(9-15(10-14)22-2)5-6-16(20)23-11-13-4-3-7-19-17(13)18/h3-10H,11H2,1-2H3. The molecule has 1 heterocycles. The number of hydrogen-bond donors (Lipinski definition) is 0. The Morgan fingerprint density at radius 2 is 1.91 bits per heavy atom. The molecule has 0 aliphatic heterocycles. The highest BCUT2D eigenvalue weighted by Crippen LogP contribution is 2.23. The first-order chi connectivity index (χ1) is 11.1. The minimum atomic E-state index is -0.480. The maximum atomic E-state index is 11.8. The van der Waals surface area contributed by atoms with Crippen molar-refractivity contribution in [3.63, 3.8) is 0 Å². The second-order valence-corrected chi connectivity index (χ2v) is 4.90. The van der Waals surface area contributed by atoms with Gasteiger partial charge in [0.25, 0.3) is 0 Å². The van der Waals surface area contributed by atoms with Gasteiger partial charge in [0.2, 0.25) is 0 Å². The third kappa shape index (κ3) is 5.00. The van der Waals surface area contributed by atoms with E-state index in [2.05, 4.69) is 4.98 Å². The maximum absolute atomic E-state index is 11.8. The highest BCUT2D eigenvalue weighted by molar-refractivity contribution is 6.30. The van der Waals surface area contributed by atoms with Crippen LogP contribution in [0.4, 0.5) is 0 Å². The Hall–Kier alpha value is -2.53. The van der Waals surface area contributed by atoms with E-state index in [-0.39, 0.29) is 6.61 Å². The van der Waals surface area contributed by atoms with Gasteiger partial charge in [-0.3, -0.25) is 0 Å². The molecule has 1 aromatic heterocycles. The Labute approximate surface area is 139 Å². The largest absolute Gasteiger partial charge is 0.497 e. The van der Waals surface area contributed by atoms with Crippen LogP contribution in [0.3, 0.4) is 0 Å². The van der Waals surface area contributed by atoms with Crippen molar-refractivity contribution in [2.45, 2.75) is 6.61 Å². The van der Waals surface area contributed by atoms with Crippen molar-refractivity contribution >= 4 is 23.6 Å². The number of rotatable bonds is 6. The van der Waals surface area contributed by atoms with Crippen molar-refractivity contribution in [3.05, 3.63) is 58.9 Å². The summed E-state index contributed by atoms with van der Waals surface area (Å²) in [6.07, 6.45) is 4.53. The number of benzene rings is 1. The minimum Gasteiger partial charge on any atom is -0.497 e. The van der Waals surface area contributed by atoms with E-state index in [1.165, 1.54) is 6.08 Å². The summed E-state index contributed by atoms with van der Waals surface area (Å²) in [7, 11) is 3.13. The lowest BCUT2D eigenvalue weighted by Gasteiger charge is -2.06. The molecule has 0 radical (unpaired) electrons. The van der Waals surface area contributed by atoms with Crippen LogP contribution in [0.2, 0.25) is 5.15 Å². The SMILES string of the molecule is COc1cc(C=CC(=O)OCc2cccnc2Cl)cc(OC)c1. The van der Waals surface area contributed by atoms with E-state index in [0.717, 1.165) is 5.56 Å². The monoisotopic (exact) mass is 333 g/mol. The first kappa shape index (κ1) is 16.8. The third-order valence-electron chi connectivity index (χ3n) is 2.99. The van der Waals surface area contributed by atoms with Gasteiger partial charge >= 0.3 is 5.97 Å². The highest BCUT2D eigenvalue weighted by atomic mass is 35.5. The van der Waals surface area contributed by atoms with Gasteiger partial charge in [0.15, 0.2) is 0 Å². The van der Waals surface area contributed by atoms with Crippen LogP contribution in [0, 0.1) is 0 Å². The molecule has 0 aliphatic carbocycles. The highest BCUT2D eigenvalue weighted by Gasteiger charge is 2.04. The van der Waals surface area contributed by atoms with Crippen LogP contribution in [-0.4, -0.2) is 25.2 Å². The summed E-state index contributed by atoms with van der Waals surface area (Å²) in [5, 5.41) is 0.321. The number of nitrogens with zero attached hydrogens (tertiary/aromatic N) is 1. The Balaban J connectivity index is 1.99. The summed E-state index contributed by atoms with van der Waals surface area (Å²) < 4.78 is 15.5. The number of ether oxygens (including phenoxy) is 3. The van der Waals surface area contributed by atoms with E-state index in [4.69, 9.17) is 25.8 Å². The van der Waals surface area contributed by atoms with Crippen molar-refractivity contribution in [3.8, 4) is 11.5 Å². The van der Waals surface area contributed by atoms with Crippen LogP contribution >= 0.6 is 11.6 Å². The number of halogens is 1. The predicted molar refractivity (Wildman–Crippen MR) is 87.6 cm³/mol. The first-order valence-corrected chi connectivity index (χ1v) is 7.17. The molecule has 0 amide bonds. The van der Waals surface area contributed by atoms with Crippen LogP contribution in [-0.2, 0) is 16.1 Å². The predicted octanol–water partition coefficient (Wildman–Crippen LogP) is 3.51. The van der Waals surface area contributed by atoms with Crippen molar-refractivity contribution in [1.29, 1.82) is 0 Å². The van der Waals surface area contributed by atoms with Crippen LogP contribution in [0.1, 0.15) is 11.1 Å². The van der Waals surface area contributed by atoms with E-state index in [0.29, 0.717) is 22.2 Å². The molecule has 0 saturated heterocycles. The molecule has 0 fully saturated rings. The molecule has 0 aliphatic rings. The molecule has 120 valence electrons. The fourth-order valence-electron chi connectivity index (χ4n) is 1.81. The normalized spacial score (nSPS) is 10.6. The molecule has 0 bridgehead atoms. The van der Waals surface area contributed by atoms with Gasteiger partial charge in [-0.05, 0) is 29.8 Å². The van der Waals surface area contributed by atoms with Crippen LogP contribution in [0.15, 0.2) is 42.6 Å². The lowest BCUT2D eigenvalue weighted by Crippen LogP contribution is -2.01. The fourth-order valence-corrected chi connectivity index (χ4v) is 1.99. The van der Waals surface area contributed by atoms with Crippen molar-refractivity contribution in [1.82, 2.24) is 4.98 Å². The van der Waals surface area contributed by atoms with Gasteiger partial charge in [-0.15, -0.1) is 0 Å². The first-order valence-electron chi connectivity index (χ1n) is 6.79. The summed E-state index contributed by atoms with van der Waals surface area (Å²) in [5.41, 5.74) is 1.41. The average Bonchev–Trinajstić information content (AvgIpc) is 2.58. The molecule has 2 aromatic rings. The Bertz CT molecular complexity index is 693. The van der Waals surface area contributed by atoms with E-state index >= 15 is 0 Å². The molecule has 0 atom stereocenters. The van der Waals surface area contributed by atoms with E-state index in [1.54, 1.807) is 56.8 Å². The van der Waals surface area contributed by atoms with E-state index in [9.17, 15) is 4.79 Å². The van der Waals surface area contributed by atoms with E-state index in [1.807, 2.05) is 0 Å². The molecular formula is C17H16ClNO4. The van der Waals surface area contributed by atoms with Crippen molar-refractivity contribution < 1.29 is 19.0 Å². The van der Waals surface area contributed by atoms with Crippen LogP contribution in [0.5, 0.6) is 11.5 Å². The summed E-state index contributed by atoms with van der Waals surface area (Å²) >= 11 is 5.90. The van der Waals surface area contributed by atoms with Gasteiger partial charge in [-0.25, -0.2) is 9.78 Å². The van der Waals surface area contributed by atoms with Gasteiger partial charge in [-0.2, -0.15) is 0 Å². The third-order valence-corrected chi connectivity index (χ3v) is 3.33. The molecule has 0 unspecified atom stereocenters. The smallest absolute Gasteiger partial charge is 0.331 e. The van der Waals surface area contributed by atoms with Gasteiger partial charge in [0.05, 0.1) is 14.2 Å². The van der Waals surface area contributed by atoms with Gasteiger partial charge < -0.3 is 14.2 Å². The molecule has 2 rings (SSSR count). The maximum Gasteiger partial charge on any atom is 0.331 e. The summed E-state index contributed by atoms with van der Waals surface area (Å²) in [5.74, 6) is 0.797. The number of carbonyl (C=O) groups excluding carboxylic acids is 1. The van der Waals surface area contributed by atoms with Gasteiger partial charge in [0, 0.05) is 23.9 Å². The molecular weight excluding hydrogens is 318 g/mol. The second-order valence-electron chi connectivity index (χ2n) is 4.54. The lowest BCUT2D eigenvalue weighted by atomic mass is 10.2. The summed E-state index contributed by atoms with van der Waals surface area (Å²) in [6, 6.07) is 8.79. The molecule has 1 aromatic carbocycles. The summed E-state index contributed by atoms with van der Waals surface area (Å²) in [4.78, 5) is 15.7. The topological polar surface area (TPSA) is 57.7 Å². The lowest BCUT2D eigenvalue weighted by molar-refractivity contribution is -0.138. The number of pyridine rings is 1. The van der Waals surface area contributed by atoms with Crippen LogP contribution < -0.4 is 9.47 Å². The van der Waals surface area contributed by atoms with Crippen LogP contribution in [0.25, 0.3) is 6.08 Å². The average molecular weight is 334 g/mol. The van der Waals surface area contributed by atoms with Gasteiger partial charge in [0.1, 0.15) is 23.3 Å². The number of carbonyl (C=O) groups is 1. The molecule has 0 spiro atoms. The quantitative estimate of drug-likeness (QED) is 0.460. The zero-order chi connectivity index (χ0) is 16.7. The van der Waals surface area contributed by atoms with Crippen molar-refractivity contribution in [2.75, 3.05) is 14.2 Å². The molecule has 0 saturated carbocycles. The Morgan fingerprint density at radius 3 is 2.52 bits per heavy atom. The molecule has 0 N–H and O–H groups in total. The summed E-state index contributed by atoms with van der Waals surface area (Å²) in [6.45, 7) is 0.0667. The fraction of sp³-hybridized carbons (Fsp3) is 0.176. The van der Waals surface area contributed by atoms with Gasteiger partial charge in [-0.1, -0.05) is 17.7 Å². The minimum absolute atomic E-state index is 0.0667. The Morgan fingerprint density at radius 1 is 1.22 bits per heavy atom. The number of hydrogen-bond acceptors (Lipinski definition) is 5. The molecule has 23 heavy (non-hydrogen) atoms. The molecule has 5 nitrogen and oxygen atoms in total. The number of aromatic nitrogens is 1. The van der Waals surface area contributed by atoms with E-state index < -0.39 is 5.97 Å². The van der Waals surface area contributed by atoms with Crippen molar-refractivity contribution in [2.24, 2.45) is 0 Å². The molecule has 6 heteroatoms. The number of esters is 1.